The number of aliphatic hydroxyl groups is 1. The molecular weight excluding hydrogens is 156 g/mol. The number of aliphatic hydroxyl groups excluding tert-OH is 1. The van der Waals surface area contributed by atoms with Gasteiger partial charge in [0.15, 0.2) is 6.10 Å². The van der Waals surface area contributed by atoms with Crippen LogP contribution >= 0.6 is 0 Å². The molecule has 0 aromatic heterocycles. The molecule has 3 heteroatoms. The van der Waals surface area contributed by atoms with Crippen molar-refractivity contribution >= 4 is 5.97 Å². The van der Waals surface area contributed by atoms with Crippen LogP contribution in [0.2, 0.25) is 0 Å². The van der Waals surface area contributed by atoms with Gasteiger partial charge in [-0.3, -0.25) is 0 Å². The van der Waals surface area contributed by atoms with Crippen molar-refractivity contribution in [1.82, 2.24) is 0 Å². The van der Waals surface area contributed by atoms with Crippen LogP contribution < -0.4 is 0 Å². The average molecular weight is 166 g/mol. The summed E-state index contributed by atoms with van der Waals surface area (Å²) in [6.45, 7) is 3.66. The molecule has 2 N–H and O–H groups in total. The minimum Gasteiger partial charge on any atom is -0.479 e. The smallest absolute Gasteiger partial charge is 0.337 e. The molecule has 0 saturated heterocycles. The zero-order valence-electron chi connectivity index (χ0n) is 6.53. The van der Waals surface area contributed by atoms with E-state index >= 15 is 0 Å². The zero-order chi connectivity index (χ0) is 9.14. The van der Waals surface area contributed by atoms with E-state index in [0.717, 1.165) is 0 Å². The molecule has 3 nitrogen and oxygen atoms in total. The molecule has 0 amide bonds. The van der Waals surface area contributed by atoms with Crippen molar-refractivity contribution in [1.29, 1.82) is 0 Å². The van der Waals surface area contributed by atoms with Crippen molar-refractivity contribution in [2.45, 2.75) is 12.5 Å². The van der Waals surface area contributed by atoms with Gasteiger partial charge < -0.3 is 10.2 Å². The Hall–Kier alpha value is -1.35. The SMILES string of the molecule is C=C1CC=CC=C1C(O)C(=O)O. The fraction of sp³-hybridized carbons (Fsp3) is 0.222. The van der Waals surface area contributed by atoms with Crippen molar-refractivity contribution in [3.63, 3.8) is 0 Å². The second-order valence-electron chi connectivity index (χ2n) is 2.60. The summed E-state index contributed by atoms with van der Waals surface area (Å²) in [4.78, 5) is 10.4. The van der Waals surface area contributed by atoms with Crippen molar-refractivity contribution in [3.8, 4) is 0 Å². The number of carboxylic acid groups (broad SMARTS) is 1. The fourth-order valence-electron chi connectivity index (χ4n) is 1.04. The van der Waals surface area contributed by atoms with Crippen LogP contribution in [-0.2, 0) is 4.79 Å². The van der Waals surface area contributed by atoms with E-state index in [1.807, 2.05) is 6.08 Å². The minimum absolute atomic E-state index is 0.394. The van der Waals surface area contributed by atoms with Crippen LogP contribution in [0.3, 0.4) is 0 Å². The molecule has 0 fully saturated rings. The van der Waals surface area contributed by atoms with Crippen molar-refractivity contribution < 1.29 is 15.0 Å². The predicted octanol–water partition coefficient (Wildman–Crippen LogP) is 0.874. The Bertz CT molecular complexity index is 273. The lowest BCUT2D eigenvalue weighted by Gasteiger charge is -2.14. The van der Waals surface area contributed by atoms with Gasteiger partial charge in [0.25, 0.3) is 0 Å². The Morgan fingerprint density at radius 2 is 2.33 bits per heavy atom. The third kappa shape index (κ3) is 1.62. The van der Waals surface area contributed by atoms with Crippen LogP contribution in [0.5, 0.6) is 0 Å². The first-order valence-electron chi connectivity index (χ1n) is 3.58. The van der Waals surface area contributed by atoms with Crippen LogP contribution in [-0.4, -0.2) is 22.3 Å². The molecule has 64 valence electrons. The number of carboxylic acids is 1. The van der Waals surface area contributed by atoms with Gasteiger partial charge in [-0.2, -0.15) is 0 Å². The molecule has 0 aliphatic heterocycles. The highest BCUT2D eigenvalue weighted by atomic mass is 16.4. The van der Waals surface area contributed by atoms with Crippen LogP contribution in [0.1, 0.15) is 6.42 Å². The van der Waals surface area contributed by atoms with Gasteiger partial charge in [0.05, 0.1) is 0 Å². The Labute approximate surface area is 70.3 Å². The van der Waals surface area contributed by atoms with E-state index < -0.39 is 12.1 Å². The molecule has 1 aliphatic rings. The first kappa shape index (κ1) is 8.74. The summed E-state index contributed by atoms with van der Waals surface area (Å²) < 4.78 is 0. The molecule has 0 saturated carbocycles. The molecule has 0 spiro atoms. The fourth-order valence-corrected chi connectivity index (χ4v) is 1.04. The van der Waals surface area contributed by atoms with Crippen molar-refractivity contribution in [2.75, 3.05) is 0 Å². The summed E-state index contributed by atoms with van der Waals surface area (Å²) in [5, 5.41) is 17.7. The number of carbonyl (C=O) groups is 1. The zero-order valence-corrected chi connectivity index (χ0v) is 6.53. The molecule has 1 rings (SSSR count). The molecule has 0 heterocycles. The Kier molecular flexibility index (Phi) is 2.45. The molecule has 0 bridgehead atoms. The van der Waals surface area contributed by atoms with Gasteiger partial charge in [-0.05, 0) is 17.6 Å². The molecule has 0 aromatic rings. The topological polar surface area (TPSA) is 57.5 Å². The third-order valence-electron chi connectivity index (χ3n) is 1.71. The molecule has 0 radical (unpaired) electrons. The van der Waals surface area contributed by atoms with Gasteiger partial charge in [-0.1, -0.05) is 24.8 Å². The number of aliphatic carboxylic acids is 1. The summed E-state index contributed by atoms with van der Waals surface area (Å²) in [6.07, 6.45) is 4.32. The summed E-state index contributed by atoms with van der Waals surface area (Å²) in [5.41, 5.74) is 1.05. The standard InChI is InChI=1S/C9H10O3/c1-6-4-2-3-5-7(6)8(10)9(11)12/h2-3,5,8,10H,1,4H2,(H,11,12). The maximum atomic E-state index is 10.4. The highest BCUT2D eigenvalue weighted by Crippen LogP contribution is 2.20. The number of allylic oxidation sites excluding steroid dienone is 3. The van der Waals surface area contributed by atoms with Gasteiger partial charge in [0, 0.05) is 0 Å². The maximum absolute atomic E-state index is 10.4. The molecular formula is C9H10O3. The Morgan fingerprint density at radius 3 is 2.83 bits per heavy atom. The maximum Gasteiger partial charge on any atom is 0.337 e. The first-order valence-corrected chi connectivity index (χ1v) is 3.58. The highest BCUT2D eigenvalue weighted by molar-refractivity contribution is 5.78. The van der Waals surface area contributed by atoms with Crippen molar-refractivity contribution in [3.05, 3.63) is 36.0 Å². The second-order valence-corrected chi connectivity index (χ2v) is 2.60. The molecule has 1 atom stereocenters. The summed E-state index contributed by atoms with van der Waals surface area (Å²) in [6, 6.07) is 0. The Morgan fingerprint density at radius 1 is 1.67 bits per heavy atom. The number of hydrogen-bond donors (Lipinski definition) is 2. The van der Waals surface area contributed by atoms with Crippen LogP contribution in [0.25, 0.3) is 0 Å². The lowest BCUT2D eigenvalue weighted by molar-refractivity contribution is -0.144. The summed E-state index contributed by atoms with van der Waals surface area (Å²) >= 11 is 0. The first-order chi connectivity index (χ1) is 5.63. The van der Waals surface area contributed by atoms with Crippen molar-refractivity contribution in [2.24, 2.45) is 0 Å². The Balaban J connectivity index is 2.86. The highest BCUT2D eigenvalue weighted by Gasteiger charge is 2.20. The number of hydrogen-bond acceptors (Lipinski definition) is 2. The van der Waals surface area contributed by atoms with Gasteiger partial charge >= 0.3 is 5.97 Å². The van der Waals surface area contributed by atoms with E-state index in [9.17, 15) is 4.79 Å². The minimum atomic E-state index is -1.44. The van der Waals surface area contributed by atoms with Gasteiger partial charge in [-0.25, -0.2) is 4.79 Å². The van der Waals surface area contributed by atoms with Crippen LogP contribution in [0.4, 0.5) is 0 Å². The summed E-state index contributed by atoms with van der Waals surface area (Å²) in [5.74, 6) is -1.24. The van der Waals surface area contributed by atoms with Gasteiger partial charge in [-0.15, -0.1) is 0 Å². The lowest BCUT2D eigenvalue weighted by atomic mass is 9.95. The normalized spacial score (nSPS) is 18.8. The van der Waals surface area contributed by atoms with E-state index in [4.69, 9.17) is 10.2 Å². The average Bonchev–Trinajstić information content (AvgIpc) is 2.04. The molecule has 12 heavy (non-hydrogen) atoms. The lowest BCUT2D eigenvalue weighted by Crippen LogP contribution is -2.23. The van der Waals surface area contributed by atoms with Gasteiger partial charge in [0.2, 0.25) is 0 Å². The van der Waals surface area contributed by atoms with Gasteiger partial charge in [0.1, 0.15) is 0 Å². The molecule has 1 unspecified atom stereocenters. The molecule has 0 aromatic carbocycles. The van der Waals surface area contributed by atoms with E-state index in [-0.39, 0.29) is 0 Å². The van der Waals surface area contributed by atoms with Crippen LogP contribution in [0.15, 0.2) is 36.0 Å². The molecule has 1 aliphatic carbocycles. The van der Waals surface area contributed by atoms with E-state index in [2.05, 4.69) is 6.58 Å². The quantitative estimate of drug-likeness (QED) is 0.640. The summed E-state index contributed by atoms with van der Waals surface area (Å²) in [7, 11) is 0. The second kappa shape index (κ2) is 3.36. The number of rotatable bonds is 2. The van der Waals surface area contributed by atoms with E-state index in [1.165, 1.54) is 0 Å². The largest absolute Gasteiger partial charge is 0.479 e. The van der Waals surface area contributed by atoms with E-state index in [0.29, 0.717) is 17.6 Å². The van der Waals surface area contributed by atoms with Crippen LogP contribution in [0, 0.1) is 0 Å². The van der Waals surface area contributed by atoms with E-state index in [1.54, 1.807) is 12.2 Å². The predicted molar refractivity (Wildman–Crippen MR) is 44.6 cm³/mol. The monoisotopic (exact) mass is 166 g/mol. The third-order valence-corrected chi connectivity index (χ3v) is 1.71.